The molecule has 1 aliphatic heterocycles. The van der Waals surface area contributed by atoms with Crippen LogP contribution in [0.15, 0.2) is 24.3 Å². The third-order valence-electron chi connectivity index (χ3n) is 6.29. The highest BCUT2D eigenvalue weighted by atomic mass is 16.5. The number of hydrogen-bond acceptors (Lipinski definition) is 3. The first-order valence-electron chi connectivity index (χ1n) is 8.57. The van der Waals surface area contributed by atoms with Crippen LogP contribution in [0.5, 0.6) is 5.75 Å². The van der Waals surface area contributed by atoms with Gasteiger partial charge in [0.2, 0.25) is 0 Å². The van der Waals surface area contributed by atoms with Crippen LogP contribution < -0.4 is 10.1 Å². The number of methoxy groups -OCH3 is 1. The van der Waals surface area contributed by atoms with Gasteiger partial charge in [0, 0.05) is 41.5 Å². The fraction of sp³-hybridized carbons (Fsp3) is 0.684. The van der Waals surface area contributed by atoms with Crippen LogP contribution in [-0.4, -0.2) is 32.4 Å². The first-order valence-corrected chi connectivity index (χ1v) is 8.57. The molecule has 3 fully saturated rings. The van der Waals surface area contributed by atoms with Crippen LogP contribution in [0, 0.1) is 11.3 Å². The van der Waals surface area contributed by atoms with Gasteiger partial charge in [0.05, 0.1) is 13.2 Å². The number of rotatable bonds is 5. The van der Waals surface area contributed by atoms with Gasteiger partial charge in [0.15, 0.2) is 0 Å². The maximum atomic E-state index is 5.91. The maximum Gasteiger partial charge on any atom is 0.122 e. The summed E-state index contributed by atoms with van der Waals surface area (Å²) in [6.07, 6.45) is 4.20. The van der Waals surface area contributed by atoms with E-state index in [-0.39, 0.29) is 10.8 Å². The van der Waals surface area contributed by atoms with Crippen LogP contribution in [0.25, 0.3) is 0 Å². The molecule has 3 nitrogen and oxygen atoms in total. The molecule has 1 N–H and O–H groups in total. The topological polar surface area (TPSA) is 30.5 Å². The normalized spacial score (nSPS) is 33.9. The SMILES string of the molecule is COc1ccccc1C1(CN[C@@H]2[C@H]3CCO[C@H]3C2(C)C)CC1. The standard InChI is InChI=1S/C19H27NO2/c1-18(2)16(13-8-11-22-17(13)18)20-12-19(9-10-19)14-6-4-5-7-15(14)21-3/h4-7,13,16-17,20H,8-12H2,1-3H3/t13-,16-,17-/m1/s1. The van der Waals surface area contributed by atoms with Crippen LogP contribution in [0.2, 0.25) is 0 Å². The molecular weight excluding hydrogens is 274 g/mol. The number of para-hydroxylation sites is 1. The summed E-state index contributed by atoms with van der Waals surface area (Å²) in [5, 5.41) is 3.90. The minimum Gasteiger partial charge on any atom is -0.496 e. The summed E-state index contributed by atoms with van der Waals surface area (Å²) < 4.78 is 11.5. The molecule has 1 saturated heterocycles. The van der Waals surface area contributed by atoms with E-state index in [4.69, 9.17) is 9.47 Å². The second-order valence-corrected chi connectivity index (χ2v) is 7.90. The van der Waals surface area contributed by atoms with Gasteiger partial charge in [-0.1, -0.05) is 32.0 Å². The average molecular weight is 301 g/mol. The van der Waals surface area contributed by atoms with Gasteiger partial charge in [-0.05, 0) is 25.3 Å². The lowest BCUT2D eigenvalue weighted by atomic mass is 9.57. The third-order valence-corrected chi connectivity index (χ3v) is 6.29. The van der Waals surface area contributed by atoms with Gasteiger partial charge in [-0.3, -0.25) is 0 Å². The summed E-state index contributed by atoms with van der Waals surface area (Å²) in [5.74, 6) is 1.75. The van der Waals surface area contributed by atoms with Crippen molar-refractivity contribution in [2.75, 3.05) is 20.3 Å². The molecule has 1 heterocycles. The van der Waals surface area contributed by atoms with Crippen LogP contribution in [0.4, 0.5) is 0 Å². The lowest BCUT2D eigenvalue weighted by Crippen LogP contribution is -2.66. The molecule has 0 unspecified atom stereocenters. The monoisotopic (exact) mass is 301 g/mol. The van der Waals surface area contributed by atoms with Gasteiger partial charge in [0.25, 0.3) is 0 Å². The molecule has 1 aromatic carbocycles. The zero-order valence-corrected chi connectivity index (χ0v) is 13.9. The molecule has 0 amide bonds. The number of ether oxygens (including phenoxy) is 2. The van der Waals surface area contributed by atoms with E-state index in [2.05, 4.69) is 43.4 Å². The zero-order chi connectivity index (χ0) is 15.4. The smallest absolute Gasteiger partial charge is 0.122 e. The number of fused-ring (bicyclic) bond motifs is 1. The van der Waals surface area contributed by atoms with E-state index in [1.807, 2.05) is 0 Å². The summed E-state index contributed by atoms with van der Waals surface area (Å²) in [7, 11) is 1.78. The average Bonchev–Trinajstić information content (AvgIpc) is 3.17. The fourth-order valence-corrected chi connectivity index (χ4v) is 4.82. The summed E-state index contributed by atoms with van der Waals surface area (Å²) in [4.78, 5) is 0. The Labute approximate surface area is 133 Å². The molecular formula is C19H27NO2. The first-order chi connectivity index (χ1) is 10.6. The third kappa shape index (κ3) is 2.02. The highest BCUT2D eigenvalue weighted by Gasteiger charge is 2.59. The Bertz CT molecular complexity index is 564. The van der Waals surface area contributed by atoms with E-state index in [0.29, 0.717) is 18.1 Å². The van der Waals surface area contributed by atoms with Crippen molar-refractivity contribution in [1.29, 1.82) is 0 Å². The quantitative estimate of drug-likeness (QED) is 0.906. The molecule has 22 heavy (non-hydrogen) atoms. The molecule has 0 spiro atoms. The first kappa shape index (κ1) is 14.5. The number of hydrogen-bond donors (Lipinski definition) is 1. The molecule has 120 valence electrons. The number of nitrogens with one attached hydrogen (secondary N) is 1. The van der Waals surface area contributed by atoms with E-state index in [0.717, 1.165) is 18.9 Å². The van der Waals surface area contributed by atoms with Gasteiger partial charge in [-0.2, -0.15) is 0 Å². The van der Waals surface area contributed by atoms with Gasteiger partial charge in [-0.15, -0.1) is 0 Å². The molecule has 4 rings (SSSR count). The van der Waals surface area contributed by atoms with Crippen molar-refractivity contribution < 1.29 is 9.47 Å². The summed E-state index contributed by atoms with van der Waals surface area (Å²) in [5.41, 5.74) is 1.92. The fourth-order valence-electron chi connectivity index (χ4n) is 4.82. The van der Waals surface area contributed by atoms with E-state index in [1.54, 1.807) is 7.11 Å². The van der Waals surface area contributed by atoms with Crippen molar-refractivity contribution in [2.24, 2.45) is 11.3 Å². The molecule has 0 radical (unpaired) electrons. The van der Waals surface area contributed by atoms with Crippen molar-refractivity contribution in [3.63, 3.8) is 0 Å². The maximum absolute atomic E-state index is 5.91. The van der Waals surface area contributed by atoms with Crippen LogP contribution in [-0.2, 0) is 10.2 Å². The van der Waals surface area contributed by atoms with Crippen LogP contribution in [0.1, 0.15) is 38.7 Å². The Morgan fingerprint density at radius 2 is 2.05 bits per heavy atom. The lowest BCUT2D eigenvalue weighted by Gasteiger charge is -2.55. The van der Waals surface area contributed by atoms with Crippen molar-refractivity contribution in [3.05, 3.63) is 29.8 Å². The van der Waals surface area contributed by atoms with Crippen molar-refractivity contribution in [3.8, 4) is 5.75 Å². The van der Waals surface area contributed by atoms with E-state index < -0.39 is 0 Å². The van der Waals surface area contributed by atoms with Gasteiger partial charge in [0.1, 0.15) is 5.75 Å². The van der Waals surface area contributed by atoms with E-state index in [1.165, 1.54) is 24.8 Å². The molecule has 2 saturated carbocycles. The highest BCUT2D eigenvalue weighted by molar-refractivity contribution is 5.43. The Hall–Kier alpha value is -1.06. The predicted molar refractivity (Wildman–Crippen MR) is 87.3 cm³/mol. The summed E-state index contributed by atoms with van der Waals surface area (Å²) in [6.45, 7) is 6.69. The van der Waals surface area contributed by atoms with Crippen LogP contribution in [0.3, 0.4) is 0 Å². The van der Waals surface area contributed by atoms with Gasteiger partial charge < -0.3 is 14.8 Å². The Morgan fingerprint density at radius 1 is 1.27 bits per heavy atom. The summed E-state index contributed by atoms with van der Waals surface area (Å²) in [6, 6.07) is 9.10. The molecule has 1 aromatic rings. The molecule has 3 heteroatoms. The minimum atomic E-state index is 0.262. The van der Waals surface area contributed by atoms with E-state index >= 15 is 0 Å². The highest BCUT2D eigenvalue weighted by Crippen LogP contribution is 2.54. The zero-order valence-electron chi connectivity index (χ0n) is 13.9. The second-order valence-electron chi connectivity index (χ2n) is 7.90. The molecule has 0 bridgehead atoms. The largest absolute Gasteiger partial charge is 0.496 e. The van der Waals surface area contributed by atoms with Crippen molar-refractivity contribution in [1.82, 2.24) is 5.32 Å². The van der Waals surface area contributed by atoms with E-state index in [9.17, 15) is 0 Å². The Balaban J connectivity index is 1.48. The van der Waals surface area contributed by atoms with Crippen LogP contribution >= 0.6 is 0 Å². The number of benzene rings is 1. The Morgan fingerprint density at radius 3 is 2.77 bits per heavy atom. The molecule has 3 aliphatic rings. The van der Waals surface area contributed by atoms with Crippen molar-refractivity contribution >= 4 is 0 Å². The minimum absolute atomic E-state index is 0.262. The molecule has 2 aliphatic carbocycles. The predicted octanol–water partition coefficient (Wildman–Crippen LogP) is 3.13. The van der Waals surface area contributed by atoms with Gasteiger partial charge >= 0.3 is 0 Å². The second kappa shape index (κ2) is 4.97. The summed E-state index contributed by atoms with van der Waals surface area (Å²) >= 11 is 0. The van der Waals surface area contributed by atoms with Gasteiger partial charge in [-0.25, -0.2) is 0 Å². The lowest BCUT2D eigenvalue weighted by molar-refractivity contribution is -0.112. The molecule has 3 atom stereocenters. The van der Waals surface area contributed by atoms with Crippen molar-refractivity contribution in [2.45, 2.75) is 50.7 Å². The molecule has 0 aromatic heterocycles. The Kier molecular flexibility index (Phi) is 3.28.